The number of benzene rings is 2. The van der Waals surface area contributed by atoms with E-state index >= 15 is 0 Å². The van der Waals surface area contributed by atoms with Crippen molar-refractivity contribution in [2.45, 2.75) is 19.9 Å². The van der Waals surface area contributed by atoms with Gasteiger partial charge in [0.15, 0.2) is 0 Å². The molecule has 23 heavy (non-hydrogen) atoms. The van der Waals surface area contributed by atoms with E-state index < -0.39 is 0 Å². The predicted octanol–water partition coefficient (Wildman–Crippen LogP) is 5.13. The van der Waals surface area contributed by atoms with Gasteiger partial charge >= 0.3 is 0 Å². The molecular weight excluding hydrogens is 312 g/mol. The number of allylic oxidation sites excluding steroid dienone is 1. The molecule has 2 aromatic carbocycles. The fraction of sp³-hybridized carbons (Fsp3) is 0.222. The van der Waals surface area contributed by atoms with Crippen LogP contribution in [-0.4, -0.2) is 16.9 Å². The quantitative estimate of drug-likeness (QED) is 0.544. The minimum Gasteiger partial charge on any atom is -0.370 e. The SMILES string of the molecule is CC/C=C(/c1ccc([N+](=O)[O-])cc1)N(C)Cc1ccc(Cl)cc1. The molecule has 0 saturated carbocycles. The summed E-state index contributed by atoms with van der Waals surface area (Å²) in [6.45, 7) is 2.81. The molecule has 0 unspecified atom stereocenters. The lowest BCUT2D eigenvalue weighted by Gasteiger charge is -2.23. The van der Waals surface area contributed by atoms with Crippen LogP contribution >= 0.6 is 11.6 Å². The van der Waals surface area contributed by atoms with Crippen LogP contribution in [0.3, 0.4) is 0 Å². The van der Waals surface area contributed by atoms with Gasteiger partial charge in [-0.05, 0) is 41.8 Å². The lowest BCUT2D eigenvalue weighted by molar-refractivity contribution is -0.384. The van der Waals surface area contributed by atoms with Crippen LogP contribution in [0.5, 0.6) is 0 Å². The van der Waals surface area contributed by atoms with E-state index in [1.54, 1.807) is 12.1 Å². The number of hydrogen-bond donors (Lipinski definition) is 0. The largest absolute Gasteiger partial charge is 0.370 e. The molecule has 120 valence electrons. The standard InChI is InChI=1S/C18H19ClN2O2/c1-3-4-18(15-7-11-17(12-8-15)21(22)23)20(2)13-14-5-9-16(19)10-6-14/h4-12H,3,13H2,1-2H3/b18-4-. The molecule has 0 aliphatic heterocycles. The highest BCUT2D eigenvalue weighted by Crippen LogP contribution is 2.23. The molecule has 0 fully saturated rings. The summed E-state index contributed by atoms with van der Waals surface area (Å²) in [5.74, 6) is 0. The van der Waals surface area contributed by atoms with Crippen molar-refractivity contribution in [3.8, 4) is 0 Å². The van der Waals surface area contributed by atoms with Crippen LogP contribution in [0.4, 0.5) is 5.69 Å². The van der Waals surface area contributed by atoms with Gasteiger partial charge in [0.25, 0.3) is 5.69 Å². The molecule has 2 aromatic rings. The first-order valence-corrected chi connectivity index (χ1v) is 7.79. The average Bonchev–Trinajstić information content (AvgIpc) is 2.55. The average molecular weight is 331 g/mol. The first-order valence-electron chi connectivity index (χ1n) is 7.42. The van der Waals surface area contributed by atoms with E-state index in [9.17, 15) is 10.1 Å². The molecule has 0 spiro atoms. The Bertz CT molecular complexity index is 694. The lowest BCUT2D eigenvalue weighted by Crippen LogP contribution is -2.16. The Morgan fingerprint density at radius 2 is 1.78 bits per heavy atom. The molecule has 0 bridgehead atoms. The van der Waals surface area contributed by atoms with Crippen LogP contribution in [0.2, 0.25) is 5.02 Å². The molecule has 2 rings (SSSR count). The Hall–Kier alpha value is -2.33. The highest BCUT2D eigenvalue weighted by molar-refractivity contribution is 6.30. The number of non-ortho nitro benzene ring substituents is 1. The second kappa shape index (κ2) is 7.79. The molecule has 0 aromatic heterocycles. The summed E-state index contributed by atoms with van der Waals surface area (Å²) in [7, 11) is 2.01. The summed E-state index contributed by atoms with van der Waals surface area (Å²) in [4.78, 5) is 12.5. The van der Waals surface area contributed by atoms with Crippen LogP contribution < -0.4 is 0 Å². The van der Waals surface area contributed by atoms with Crippen molar-refractivity contribution >= 4 is 23.0 Å². The van der Waals surface area contributed by atoms with Gasteiger partial charge in [-0.1, -0.05) is 36.7 Å². The smallest absolute Gasteiger partial charge is 0.269 e. The van der Waals surface area contributed by atoms with Gasteiger partial charge in [-0.2, -0.15) is 0 Å². The normalized spacial score (nSPS) is 11.3. The Kier molecular flexibility index (Phi) is 5.77. The Labute approximate surface area is 141 Å². The zero-order valence-electron chi connectivity index (χ0n) is 13.2. The molecule has 0 atom stereocenters. The summed E-state index contributed by atoms with van der Waals surface area (Å²) < 4.78 is 0. The first kappa shape index (κ1) is 17.0. The van der Waals surface area contributed by atoms with Crippen molar-refractivity contribution in [1.29, 1.82) is 0 Å². The molecule has 0 radical (unpaired) electrons. The minimum atomic E-state index is -0.385. The predicted molar refractivity (Wildman–Crippen MR) is 94.3 cm³/mol. The number of halogens is 1. The maximum Gasteiger partial charge on any atom is 0.269 e. The zero-order chi connectivity index (χ0) is 16.8. The molecular formula is C18H19ClN2O2. The van der Waals surface area contributed by atoms with Gasteiger partial charge in [-0.25, -0.2) is 0 Å². The molecule has 0 amide bonds. The van der Waals surface area contributed by atoms with Crippen molar-refractivity contribution in [3.63, 3.8) is 0 Å². The Balaban J connectivity index is 2.21. The Morgan fingerprint density at radius 3 is 2.30 bits per heavy atom. The topological polar surface area (TPSA) is 46.4 Å². The van der Waals surface area contributed by atoms with Crippen LogP contribution in [0.1, 0.15) is 24.5 Å². The third kappa shape index (κ3) is 4.57. The van der Waals surface area contributed by atoms with Crippen molar-refractivity contribution < 1.29 is 4.92 Å². The molecule has 4 nitrogen and oxygen atoms in total. The number of nitrogens with zero attached hydrogens (tertiary/aromatic N) is 2. The van der Waals surface area contributed by atoms with E-state index in [2.05, 4.69) is 17.9 Å². The molecule has 0 saturated heterocycles. The molecule has 0 aliphatic carbocycles. The van der Waals surface area contributed by atoms with Gasteiger partial charge in [0.05, 0.1) is 4.92 Å². The van der Waals surface area contributed by atoms with Gasteiger partial charge in [-0.3, -0.25) is 10.1 Å². The molecule has 5 heteroatoms. The summed E-state index contributed by atoms with van der Waals surface area (Å²) in [5, 5.41) is 11.5. The Morgan fingerprint density at radius 1 is 1.17 bits per heavy atom. The molecule has 0 aliphatic rings. The van der Waals surface area contributed by atoms with E-state index in [0.717, 1.165) is 34.8 Å². The van der Waals surface area contributed by atoms with E-state index in [1.807, 2.05) is 31.3 Å². The van der Waals surface area contributed by atoms with Crippen LogP contribution in [0.15, 0.2) is 54.6 Å². The highest BCUT2D eigenvalue weighted by atomic mass is 35.5. The maximum atomic E-state index is 10.8. The second-order valence-corrected chi connectivity index (χ2v) is 5.72. The summed E-state index contributed by atoms with van der Waals surface area (Å²) in [6.07, 6.45) is 3.01. The molecule has 0 N–H and O–H groups in total. The van der Waals surface area contributed by atoms with Crippen LogP contribution in [0.25, 0.3) is 5.70 Å². The van der Waals surface area contributed by atoms with Gasteiger partial charge in [0.1, 0.15) is 0 Å². The second-order valence-electron chi connectivity index (χ2n) is 5.28. The summed E-state index contributed by atoms with van der Waals surface area (Å²) >= 11 is 5.92. The number of nitro benzene ring substituents is 1. The third-order valence-corrected chi connectivity index (χ3v) is 3.77. The molecule has 0 heterocycles. The summed E-state index contributed by atoms with van der Waals surface area (Å²) in [6, 6.07) is 14.4. The van der Waals surface area contributed by atoms with Crippen molar-refractivity contribution in [2.24, 2.45) is 0 Å². The maximum absolute atomic E-state index is 10.8. The van der Waals surface area contributed by atoms with Crippen molar-refractivity contribution in [3.05, 3.63) is 80.9 Å². The monoisotopic (exact) mass is 330 g/mol. The van der Waals surface area contributed by atoms with Gasteiger partial charge in [-0.15, -0.1) is 0 Å². The summed E-state index contributed by atoms with van der Waals surface area (Å²) in [5.41, 5.74) is 3.28. The fourth-order valence-electron chi connectivity index (χ4n) is 2.39. The fourth-order valence-corrected chi connectivity index (χ4v) is 2.52. The van der Waals surface area contributed by atoms with E-state index in [4.69, 9.17) is 11.6 Å². The van der Waals surface area contributed by atoms with Crippen molar-refractivity contribution in [1.82, 2.24) is 4.90 Å². The third-order valence-electron chi connectivity index (χ3n) is 3.52. The number of rotatable bonds is 6. The number of nitro groups is 1. The zero-order valence-corrected chi connectivity index (χ0v) is 14.0. The number of hydrogen-bond acceptors (Lipinski definition) is 3. The van der Waals surface area contributed by atoms with Gasteiger partial charge in [0, 0.05) is 36.4 Å². The van der Waals surface area contributed by atoms with E-state index in [0.29, 0.717) is 0 Å². The van der Waals surface area contributed by atoms with Gasteiger partial charge in [0.2, 0.25) is 0 Å². The van der Waals surface area contributed by atoms with E-state index in [-0.39, 0.29) is 10.6 Å². The van der Waals surface area contributed by atoms with Crippen molar-refractivity contribution in [2.75, 3.05) is 7.05 Å². The minimum absolute atomic E-state index is 0.102. The highest BCUT2D eigenvalue weighted by Gasteiger charge is 2.10. The van der Waals surface area contributed by atoms with Crippen LogP contribution in [0, 0.1) is 10.1 Å². The van der Waals surface area contributed by atoms with E-state index in [1.165, 1.54) is 12.1 Å². The lowest BCUT2D eigenvalue weighted by atomic mass is 10.1. The first-order chi connectivity index (χ1) is 11.0. The van der Waals surface area contributed by atoms with Gasteiger partial charge < -0.3 is 4.90 Å². The van der Waals surface area contributed by atoms with Crippen LogP contribution in [-0.2, 0) is 6.54 Å².